The highest BCUT2D eigenvalue weighted by Gasteiger charge is 2.07. The van der Waals surface area contributed by atoms with Crippen molar-refractivity contribution in [1.29, 1.82) is 0 Å². The molecule has 0 unspecified atom stereocenters. The summed E-state index contributed by atoms with van der Waals surface area (Å²) in [5, 5.41) is 3.02. The number of carbonyl (C=O) groups is 1. The molecule has 2 aromatic carbocycles. The molecule has 0 atom stereocenters. The lowest BCUT2D eigenvalue weighted by Gasteiger charge is -2.08. The molecular weight excluding hydrogens is 267 g/mol. The zero-order chi connectivity index (χ0) is 13.8. The van der Waals surface area contributed by atoms with E-state index in [4.69, 9.17) is 17.3 Å². The van der Waals surface area contributed by atoms with Gasteiger partial charge < -0.3 is 11.1 Å². The highest BCUT2D eigenvalue weighted by atomic mass is 35.5. The van der Waals surface area contributed by atoms with Crippen molar-refractivity contribution in [1.82, 2.24) is 0 Å². The number of benzene rings is 2. The van der Waals surface area contributed by atoms with Gasteiger partial charge in [-0.15, -0.1) is 0 Å². The summed E-state index contributed by atoms with van der Waals surface area (Å²) < 4.78 is 13.0. The number of nitrogens with one attached hydrogen (secondary N) is 1. The molecule has 0 spiro atoms. The van der Waals surface area contributed by atoms with E-state index >= 15 is 0 Å². The Morgan fingerprint density at radius 1 is 1.26 bits per heavy atom. The molecule has 0 aliphatic carbocycles. The minimum Gasteiger partial charge on any atom is -0.399 e. The molecule has 98 valence electrons. The first-order valence-corrected chi connectivity index (χ1v) is 6.02. The third-order valence-corrected chi connectivity index (χ3v) is 2.83. The molecular formula is C14H12ClFN2O. The van der Waals surface area contributed by atoms with Gasteiger partial charge in [-0.2, -0.15) is 0 Å². The van der Waals surface area contributed by atoms with Crippen molar-refractivity contribution in [3.05, 3.63) is 58.9 Å². The fourth-order valence-corrected chi connectivity index (χ4v) is 1.90. The predicted molar refractivity (Wildman–Crippen MR) is 74.6 cm³/mol. The van der Waals surface area contributed by atoms with Crippen LogP contribution in [0.3, 0.4) is 0 Å². The van der Waals surface area contributed by atoms with Gasteiger partial charge in [0.15, 0.2) is 0 Å². The molecule has 0 aromatic heterocycles. The molecule has 0 fully saturated rings. The second-order valence-corrected chi connectivity index (χ2v) is 4.50. The van der Waals surface area contributed by atoms with E-state index in [9.17, 15) is 9.18 Å². The first-order valence-electron chi connectivity index (χ1n) is 5.64. The first kappa shape index (κ1) is 13.4. The Bertz CT molecular complexity index is 616. The van der Waals surface area contributed by atoms with Crippen LogP contribution in [0.5, 0.6) is 0 Å². The van der Waals surface area contributed by atoms with Gasteiger partial charge in [0.25, 0.3) is 0 Å². The highest BCUT2D eigenvalue weighted by molar-refractivity contribution is 6.34. The Balaban J connectivity index is 2.05. The minimum atomic E-state index is -0.365. The molecule has 0 aliphatic heterocycles. The standard InChI is InChI=1S/C14H12ClFN2O/c15-12-8-11(17)4-5-13(12)18-14(19)7-9-2-1-3-10(16)6-9/h1-6,8H,7,17H2,(H,18,19). The number of halogens is 2. The number of carbonyl (C=O) groups excluding carboxylic acids is 1. The van der Waals surface area contributed by atoms with Gasteiger partial charge in [0.05, 0.1) is 17.1 Å². The van der Waals surface area contributed by atoms with Crippen LogP contribution in [0.25, 0.3) is 0 Å². The lowest BCUT2D eigenvalue weighted by atomic mass is 10.1. The predicted octanol–water partition coefficient (Wildman–Crippen LogP) is 3.24. The maximum atomic E-state index is 13.0. The van der Waals surface area contributed by atoms with Crippen molar-refractivity contribution in [2.24, 2.45) is 0 Å². The van der Waals surface area contributed by atoms with Gasteiger partial charge in [-0.1, -0.05) is 23.7 Å². The van der Waals surface area contributed by atoms with Gasteiger partial charge in [0.2, 0.25) is 5.91 Å². The van der Waals surface area contributed by atoms with E-state index in [2.05, 4.69) is 5.32 Å². The molecule has 2 aromatic rings. The quantitative estimate of drug-likeness (QED) is 0.847. The third-order valence-electron chi connectivity index (χ3n) is 2.52. The molecule has 0 radical (unpaired) electrons. The maximum absolute atomic E-state index is 13.0. The first-order chi connectivity index (χ1) is 9.04. The Labute approximate surface area is 115 Å². The fourth-order valence-electron chi connectivity index (χ4n) is 1.66. The Hall–Kier alpha value is -2.07. The van der Waals surface area contributed by atoms with E-state index in [-0.39, 0.29) is 18.1 Å². The molecule has 3 N–H and O–H groups in total. The SMILES string of the molecule is Nc1ccc(NC(=O)Cc2cccc(F)c2)c(Cl)c1. The van der Waals surface area contributed by atoms with Crippen molar-refractivity contribution in [2.45, 2.75) is 6.42 Å². The third kappa shape index (κ3) is 3.69. The molecule has 0 aliphatic rings. The highest BCUT2D eigenvalue weighted by Crippen LogP contribution is 2.24. The molecule has 3 nitrogen and oxygen atoms in total. The normalized spacial score (nSPS) is 10.2. The molecule has 0 heterocycles. The van der Waals surface area contributed by atoms with E-state index < -0.39 is 0 Å². The number of hydrogen-bond donors (Lipinski definition) is 2. The second-order valence-electron chi connectivity index (χ2n) is 4.09. The summed E-state index contributed by atoms with van der Waals surface area (Å²) in [7, 11) is 0. The largest absolute Gasteiger partial charge is 0.399 e. The number of nitrogen functional groups attached to an aromatic ring is 1. The maximum Gasteiger partial charge on any atom is 0.228 e. The topological polar surface area (TPSA) is 55.1 Å². The average molecular weight is 279 g/mol. The van der Waals surface area contributed by atoms with E-state index in [1.54, 1.807) is 30.3 Å². The summed E-state index contributed by atoms with van der Waals surface area (Å²) in [6, 6.07) is 10.7. The Kier molecular flexibility index (Phi) is 4.02. The van der Waals surface area contributed by atoms with Crippen LogP contribution in [0.15, 0.2) is 42.5 Å². The number of hydrogen-bond acceptors (Lipinski definition) is 2. The molecule has 0 bridgehead atoms. The van der Waals surface area contributed by atoms with Crippen LogP contribution < -0.4 is 11.1 Å². The molecule has 0 saturated heterocycles. The van der Waals surface area contributed by atoms with Gasteiger partial charge >= 0.3 is 0 Å². The van der Waals surface area contributed by atoms with Crippen molar-refractivity contribution in [3.8, 4) is 0 Å². The summed E-state index contributed by atoms with van der Waals surface area (Å²) >= 11 is 5.95. The van der Waals surface area contributed by atoms with Crippen LogP contribution in [0.1, 0.15) is 5.56 Å². The number of amides is 1. The summed E-state index contributed by atoms with van der Waals surface area (Å²) in [6.45, 7) is 0. The van der Waals surface area contributed by atoms with Gasteiger partial charge in [0.1, 0.15) is 5.82 Å². The van der Waals surface area contributed by atoms with Gasteiger partial charge in [-0.25, -0.2) is 4.39 Å². The average Bonchev–Trinajstić information content (AvgIpc) is 2.33. The lowest BCUT2D eigenvalue weighted by molar-refractivity contribution is -0.115. The van der Waals surface area contributed by atoms with E-state index in [1.807, 2.05) is 0 Å². The zero-order valence-electron chi connectivity index (χ0n) is 9.99. The van der Waals surface area contributed by atoms with Crippen LogP contribution in [0.2, 0.25) is 5.02 Å². The fraction of sp³-hybridized carbons (Fsp3) is 0.0714. The smallest absolute Gasteiger partial charge is 0.228 e. The van der Waals surface area contributed by atoms with Crippen molar-refractivity contribution in [2.75, 3.05) is 11.1 Å². The summed E-state index contributed by atoms with van der Waals surface area (Å²) in [5.41, 5.74) is 7.17. The minimum absolute atomic E-state index is 0.0818. The van der Waals surface area contributed by atoms with Crippen LogP contribution in [0, 0.1) is 5.82 Å². The summed E-state index contributed by atoms with van der Waals surface area (Å²) in [5.74, 6) is -0.631. The van der Waals surface area contributed by atoms with E-state index in [0.29, 0.717) is 22.0 Å². The number of rotatable bonds is 3. The van der Waals surface area contributed by atoms with Gasteiger partial charge in [0, 0.05) is 5.69 Å². The molecule has 5 heteroatoms. The van der Waals surface area contributed by atoms with E-state index in [0.717, 1.165) is 0 Å². The van der Waals surface area contributed by atoms with Crippen molar-refractivity contribution < 1.29 is 9.18 Å². The van der Waals surface area contributed by atoms with Crippen molar-refractivity contribution in [3.63, 3.8) is 0 Å². The Morgan fingerprint density at radius 2 is 2.05 bits per heavy atom. The van der Waals surface area contributed by atoms with E-state index in [1.165, 1.54) is 12.1 Å². The Morgan fingerprint density at radius 3 is 2.74 bits per heavy atom. The van der Waals surface area contributed by atoms with Crippen LogP contribution >= 0.6 is 11.6 Å². The monoisotopic (exact) mass is 278 g/mol. The second kappa shape index (κ2) is 5.71. The summed E-state index contributed by atoms with van der Waals surface area (Å²) in [4.78, 5) is 11.8. The van der Waals surface area contributed by atoms with Crippen LogP contribution in [0.4, 0.5) is 15.8 Å². The van der Waals surface area contributed by atoms with Crippen molar-refractivity contribution >= 4 is 28.9 Å². The molecule has 2 rings (SSSR count). The van der Waals surface area contributed by atoms with Crippen LogP contribution in [-0.2, 0) is 11.2 Å². The summed E-state index contributed by atoms with van der Waals surface area (Å²) in [6.07, 6.45) is 0.0818. The lowest BCUT2D eigenvalue weighted by Crippen LogP contribution is -2.14. The number of nitrogens with two attached hydrogens (primary N) is 1. The van der Waals surface area contributed by atoms with Crippen LogP contribution in [-0.4, -0.2) is 5.91 Å². The van der Waals surface area contributed by atoms with Gasteiger partial charge in [-0.3, -0.25) is 4.79 Å². The molecule has 1 amide bonds. The zero-order valence-corrected chi connectivity index (χ0v) is 10.7. The molecule has 19 heavy (non-hydrogen) atoms. The number of anilines is 2. The molecule has 0 saturated carbocycles. The van der Waals surface area contributed by atoms with Gasteiger partial charge in [-0.05, 0) is 35.9 Å².